The zero-order valence-corrected chi connectivity index (χ0v) is 14.3. The Bertz CT molecular complexity index is 457. The average Bonchev–Trinajstić information content (AvgIpc) is 2.82. The molecule has 1 N–H and O–H groups in total. The highest BCUT2D eigenvalue weighted by Crippen LogP contribution is 2.32. The van der Waals surface area contributed by atoms with Gasteiger partial charge in [0.25, 0.3) is 0 Å². The molecule has 1 aromatic heterocycles. The SMILES string of the molecule is CCC1(CC)CN(Cc2nnn(C)n2)C(C(C)(C)C)CN1. The number of piperazine rings is 1. The van der Waals surface area contributed by atoms with Crippen LogP contribution in [0.25, 0.3) is 0 Å². The maximum absolute atomic E-state index is 4.35. The monoisotopic (exact) mass is 294 g/mol. The molecule has 0 radical (unpaired) electrons. The van der Waals surface area contributed by atoms with Crippen molar-refractivity contribution in [1.82, 2.24) is 30.4 Å². The number of aromatic nitrogens is 4. The van der Waals surface area contributed by atoms with E-state index in [4.69, 9.17) is 0 Å². The minimum Gasteiger partial charge on any atom is -0.308 e. The first-order valence-electron chi connectivity index (χ1n) is 8.01. The zero-order valence-electron chi connectivity index (χ0n) is 14.3. The average molecular weight is 294 g/mol. The maximum atomic E-state index is 4.35. The number of rotatable bonds is 4. The molecule has 0 bridgehead atoms. The highest BCUT2D eigenvalue weighted by molar-refractivity contribution is 5.00. The van der Waals surface area contributed by atoms with Gasteiger partial charge in [0.1, 0.15) is 0 Å². The van der Waals surface area contributed by atoms with E-state index >= 15 is 0 Å². The number of aryl methyl sites for hydroxylation is 1. The third-order valence-electron chi connectivity index (χ3n) is 4.86. The highest BCUT2D eigenvalue weighted by Gasteiger charge is 2.41. The van der Waals surface area contributed by atoms with E-state index in [2.05, 4.69) is 60.2 Å². The molecule has 1 unspecified atom stereocenters. The molecular weight excluding hydrogens is 264 g/mol. The van der Waals surface area contributed by atoms with Crippen molar-refractivity contribution in [2.45, 2.75) is 65.6 Å². The fraction of sp³-hybridized carbons (Fsp3) is 0.933. The standard InChI is InChI=1S/C15H30N6/c1-7-15(8-2)11-21(10-13-17-19-20(6)18-13)12(9-16-15)14(3,4)5/h12,16H,7-11H2,1-6H3. The molecule has 1 fully saturated rings. The highest BCUT2D eigenvalue weighted by atomic mass is 15.6. The van der Waals surface area contributed by atoms with E-state index < -0.39 is 0 Å². The van der Waals surface area contributed by atoms with Crippen LogP contribution >= 0.6 is 0 Å². The van der Waals surface area contributed by atoms with Crippen LogP contribution in [0.15, 0.2) is 0 Å². The second-order valence-corrected chi connectivity index (χ2v) is 7.35. The molecule has 6 heteroatoms. The van der Waals surface area contributed by atoms with Gasteiger partial charge in [-0.25, -0.2) is 0 Å². The van der Waals surface area contributed by atoms with Gasteiger partial charge in [0, 0.05) is 24.7 Å². The van der Waals surface area contributed by atoms with Crippen molar-refractivity contribution in [2.24, 2.45) is 12.5 Å². The van der Waals surface area contributed by atoms with Gasteiger partial charge in [-0.15, -0.1) is 10.2 Å². The Morgan fingerprint density at radius 1 is 1.29 bits per heavy atom. The summed E-state index contributed by atoms with van der Waals surface area (Å²) in [5.74, 6) is 0.815. The first kappa shape index (κ1) is 16.4. The van der Waals surface area contributed by atoms with Crippen LogP contribution in [-0.2, 0) is 13.6 Å². The molecule has 1 aliphatic heterocycles. The van der Waals surface area contributed by atoms with Crippen LogP contribution in [0.1, 0.15) is 53.3 Å². The van der Waals surface area contributed by atoms with Crippen molar-refractivity contribution in [3.8, 4) is 0 Å². The van der Waals surface area contributed by atoms with E-state index in [0.29, 0.717) is 6.04 Å². The Kier molecular flexibility index (Phi) is 4.68. The van der Waals surface area contributed by atoms with E-state index in [1.54, 1.807) is 0 Å². The van der Waals surface area contributed by atoms with Crippen molar-refractivity contribution in [1.29, 1.82) is 0 Å². The number of nitrogens with zero attached hydrogens (tertiary/aromatic N) is 5. The van der Waals surface area contributed by atoms with Crippen LogP contribution in [0.2, 0.25) is 0 Å². The summed E-state index contributed by atoms with van der Waals surface area (Å²) in [6.45, 7) is 14.3. The van der Waals surface area contributed by atoms with E-state index in [1.165, 1.54) is 4.80 Å². The molecule has 0 aliphatic carbocycles. The lowest BCUT2D eigenvalue weighted by molar-refractivity contribution is 0.0114. The van der Waals surface area contributed by atoms with Gasteiger partial charge in [0.2, 0.25) is 0 Å². The molecule has 0 amide bonds. The van der Waals surface area contributed by atoms with Crippen LogP contribution in [0.3, 0.4) is 0 Å². The van der Waals surface area contributed by atoms with Gasteiger partial charge in [-0.3, -0.25) is 4.90 Å². The summed E-state index contributed by atoms with van der Waals surface area (Å²) in [6, 6.07) is 0.479. The molecule has 1 saturated heterocycles. The lowest BCUT2D eigenvalue weighted by Crippen LogP contribution is -2.66. The molecule has 2 rings (SSSR count). The van der Waals surface area contributed by atoms with Gasteiger partial charge in [0.15, 0.2) is 5.82 Å². The van der Waals surface area contributed by atoms with Crippen LogP contribution in [0.4, 0.5) is 0 Å². The summed E-state index contributed by atoms with van der Waals surface area (Å²) in [4.78, 5) is 4.08. The quantitative estimate of drug-likeness (QED) is 0.914. The van der Waals surface area contributed by atoms with Gasteiger partial charge in [-0.05, 0) is 23.5 Å². The zero-order chi connectivity index (χ0) is 15.7. The van der Waals surface area contributed by atoms with Gasteiger partial charge in [0.05, 0.1) is 13.6 Å². The summed E-state index contributed by atoms with van der Waals surface area (Å²) in [5.41, 5.74) is 0.437. The van der Waals surface area contributed by atoms with Crippen molar-refractivity contribution < 1.29 is 0 Å². The Morgan fingerprint density at radius 2 is 1.95 bits per heavy atom. The summed E-state index contributed by atoms with van der Waals surface area (Å²) in [5, 5.41) is 16.3. The molecule has 1 aromatic rings. The lowest BCUT2D eigenvalue weighted by atomic mass is 9.80. The topological polar surface area (TPSA) is 58.9 Å². The van der Waals surface area contributed by atoms with E-state index in [9.17, 15) is 0 Å². The van der Waals surface area contributed by atoms with E-state index in [-0.39, 0.29) is 11.0 Å². The molecule has 0 saturated carbocycles. The van der Waals surface area contributed by atoms with Crippen molar-refractivity contribution in [3.63, 3.8) is 0 Å². The molecule has 6 nitrogen and oxygen atoms in total. The number of hydrogen-bond acceptors (Lipinski definition) is 5. The number of hydrogen-bond donors (Lipinski definition) is 1. The maximum Gasteiger partial charge on any atom is 0.188 e. The largest absolute Gasteiger partial charge is 0.308 e. The Morgan fingerprint density at radius 3 is 2.43 bits per heavy atom. The van der Waals surface area contributed by atoms with Gasteiger partial charge < -0.3 is 5.32 Å². The molecule has 120 valence electrons. The van der Waals surface area contributed by atoms with Gasteiger partial charge >= 0.3 is 0 Å². The fourth-order valence-electron chi connectivity index (χ4n) is 3.31. The third-order valence-corrected chi connectivity index (χ3v) is 4.86. The molecule has 1 aliphatic rings. The van der Waals surface area contributed by atoms with Crippen molar-refractivity contribution in [3.05, 3.63) is 5.82 Å². The van der Waals surface area contributed by atoms with E-state index in [0.717, 1.165) is 38.3 Å². The van der Waals surface area contributed by atoms with Crippen LogP contribution in [-0.4, -0.2) is 49.8 Å². The van der Waals surface area contributed by atoms with Gasteiger partial charge in [-0.1, -0.05) is 34.6 Å². The first-order chi connectivity index (χ1) is 9.79. The second-order valence-electron chi connectivity index (χ2n) is 7.35. The summed E-state index contributed by atoms with van der Waals surface area (Å²) < 4.78 is 0. The second kappa shape index (κ2) is 6.01. The number of tetrazole rings is 1. The van der Waals surface area contributed by atoms with Crippen LogP contribution < -0.4 is 5.32 Å². The van der Waals surface area contributed by atoms with Crippen LogP contribution in [0, 0.1) is 5.41 Å². The van der Waals surface area contributed by atoms with Crippen LogP contribution in [0.5, 0.6) is 0 Å². The predicted molar refractivity (Wildman–Crippen MR) is 83.8 cm³/mol. The number of nitrogens with one attached hydrogen (secondary N) is 1. The predicted octanol–water partition coefficient (Wildman–Crippen LogP) is 1.59. The molecule has 0 aromatic carbocycles. The minimum absolute atomic E-state index is 0.212. The normalized spacial score (nSPS) is 23.4. The summed E-state index contributed by atoms with van der Waals surface area (Å²) in [7, 11) is 1.82. The Hall–Kier alpha value is -1.01. The molecular formula is C15H30N6. The van der Waals surface area contributed by atoms with Crippen molar-refractivity contribution in [2.75, 3.05) is 13.1 Å². The summed E-state index contributed by atoms with van der Waals surface area (Å²) in [6.07, 6.45) is 2.29. The molecule has 0 spiro atoms. The minimum atomic E-state index is 0.212. The lowest BCUT2D eigenvalue weighted by Gasteiger charge is -2.51. The van der Waals surface area contributed by atoms with E-state index in [1.807, 2.05) is 7.05 Å². The molecule has 2 heterocycles. The third kappa shape index (κ3) is 3.61. The first-order valence-corrected chi connectivity index (χ1v) is 8.01. The van der Waals surface area contributed by atoms with Crippen molar-refractivity contribution >= 4 is 0 Å². The Labute approximate surface area is 128 Å². The molecule has 21 heavy (non-hydrogen) atoms. The summed E-state index contributed by atoms with van der Waals surface area (Å²) >= 11 is 0. The smallest absolute Gasteiger partial charge is 0.188 e. The Balaban J connectivity index is 2.20. The van der Waals surface area contributed by atoms with Gasteiger partial charge in [-0.2, -0.15) is 4.80 Å². The fourth-order valence-corrected chi connectivity index (χ4v) is 3.31. The molecule has 1 atom stereocenters.